The lowest BCUT2D eigenvalue weighted by atomic mass is 10.2. The van der Waals surface area contributed by atoms with Crippen LogP contribution in [0.25, 0.3) is 0 Å². The number of aryl methyl sites for hydroxylation is 1. The van der Waals surface area contributed by atoms with Crippen LogP contribution >= 0.6 is 0 Å². The van der Waals surface area contributed by atoms with Gasteiger partial charge in [0, 0.05) is 25.5 Å². The molecule has 144 valence electrons. The number of pyridine rings is 1. The van der Waals surface area contributed by atoms with Crippen LogP contribution < -0.4 is 10.1 Å². The Morgan fingerprint density at radius 2 is 2.15 bits per heavy atom. The van der Waals surface area contributed by atoms with Gasteiger partial charge in [0.1, 0.15) is 0 Å². The Hall–Kier alpha value is -3.07. The Balaban J connectivity index is 0.00000114. The number of methoxy groups -OCH3 is 1. The quantitative estimate of drug-likeness (QED) is 0.251. The third kappa shape index (κ3) is 8.23. The van der Waals surface area contributed by atoms with Crippen molar-refractivity contribution in [1.82, 2.24) is 14.5 Å². The molecule has 2 heterocycles. The molecule has 2 rings (SSSR count). The van der Waals surface area contributed by atoms with Crippen LogP contribution in [-0.4, -0.2) is 34.0 Å². The number of ether oxygens (including phenoxy) is 1. The van der Waals surface area contributed by atoms with Crippen LogP contribution in [0.3, 0.4) is 0 Å². The molecule has 2 aromatic heterocycles. The lowest BCUT2D eigenvalue weighted by Crippen LogP contribution is -2.19. The Morgan fingerprint density at radius 1 is 1.37 bits per heavy atom. The van der Waals surface area contributed by atoms with Gasteiger partial charge in [0.2, 0.25) is 5.88 Å². The highest BCUT2D eigenvalue weighted by molar-refractivity contribution is 6.05. The van der Waals surface area contributed by atoms with Crippen molar-refractivity contribution in [3.63, 3.8) is 0 Å². The average Bonchev–Trinajstić information content (AvgIpc) is 3.10. The smallest absolute Gasteiger partial charge is 0.213 e. The van der Waals surface area contributed by atoms with E-state index in [4.69, 9.17) is 4.74 Å². The van der Waals surface area contributed by atoms with Gasteiger partial charge in [0.25, 0.3) is 0 Å². The molecule has 0 saturated carbocycles. The van der Waals surface area contributed by atoms with Gasteiger partial charge < -0.3 is 14.6 Å². The van der Waals surface area contributed by atoms with E-state index in [0.29, 0.717) is 12.4 Å². The van der Waals surface area contributed by atoms with Crippen LogP contribution in [-0.2, 0) is 7.05 Å². The summed E-state index contributed by atoms with van der Waals surface area (Å²) in [4.78, 5) is 13.2. The minimum absolute atomic E-state index is 0.579. The number of nitrogens with one attached hydrogen (secondary N) is 1. The number of anilines is 1. The standard InChI is InChI=1S/C18H25N5O.C3H4/c1-4-5-6-7-8-11-19-17(18-20-12-13-23(18)2)22-15-9-10-16(24-3)21-14-15;1-3-2/h7-10,12-14H,4-6,11H2,1-3H3,(H,19,22);1H,2H3/b8-7+;. The minimum Gasteiger partial charge on any atom is -0.481 e. The van der Waals surface area contributed by atoms with Crippen molar-refractivity contribution in [2.75, 3.05) is 19.0 Å². The summed E-state index contributed by atoms with van der Waals surface area (Å²) in [5.74, 6) is 4.33. The number of hydrogen-bond acceptors (Lipinski definition) is 4. The van der Waals surface area contributed by atoms with Gasteiger partial charge in [-0.25, -0.2) is 9.97 Å². The van der Waals surface area contributed by atoms with Gasteiger partial charge >= 0.3 is 0 Å². The van der Waals surface area contributed by atoms with Crippen molar-refractivity contribution >= 4 is 11.5 Å². The van der Waals surface area contributed by atoms with E-state index in [1.54, 1.807) is 26.4 Å². The van der Waals surface area contributed by atoms with E-state index in [0.717, 1.165) is 23.8 Å². The van der Waals surface area contributed by atoms with E-state index in [1.807, 2.05) is 29.9 Å². The normalized spacial score (nSPS) is 10.9. The number of nitrogens with zero attached hydrogens (tertiary/aromatic N) is 4. The van der Waals surface area contributed by atoms with Gasteiger partial charge in [-0.2, -0.15) is 0 Å². The zero-order valence-corrected chi connectivity index (χ0v) is 16.6. The third-order valence-electron chi connectivity index (χ3n) is 3.49. The van der Waals surface area contributed by atoms with Crippen molar-refractivity contribution in [3.05, 3.63) is 48.7 Å². The second kappa shape index (κ2) is 13.2. The molecule has 0 unspecified atom stereocenters. The maximum Gasteiger partial charge on any atom is 0.213 e. The Kier molecular flexibility index (Phi) is 10.7. The molecule has 0 amide bonds. The summed E-state index contributed by atoms with van der Waals surface area (Å²) in [6.07, 6.45) is 17.8. The molecule has 6 nitrogen and oxygen atoms in total. The fourth-order valence-electron chi connectivity index (χ4n) is 2.13. The summed E-state index contributed by atoms with van der Waals surface area (Å²) in [6, 6.07) is 3.71. The topological polar surface area (TPSA) is 64.3 Å². The van der Waals surface area contributed by atoms with Gasteiger partial charge in [-0.05, 0) is 19.4 Å². The van der Waals surface area contributed by atoms with Crippen molar-refractivity contribution in [2.24, 2.45) is 12.0 Å². The SMILES string of the molecule is C#CC.CCCC/C=C/CN=C(Nc1ccc(OC)nc1)c1nccn1C. The van der Waals surface area contributed by atoms with Crippen LogP contribution in [0.2, 0.25) is 0 Å². The highest BCUT2D eigenvalue weighted by atomic mass is 16.5. The third-order valence-corrected chi connectivity index (χ3v) is 3.49. The second-order valence-corrected chi connectivity index (χ2v) is 5.67. The number of hydrogen-bond donors (Lipinski definition) is 1. The number of rotatable bonds is 8. The molecule has 0 bridgehead atoms. The van der Waals surface area contributed by atoms with E-state index >= 15 is 0 Å². The number of imidazole rings is 1. The van der Waals surface area contributed by atoms with E-state index < -0.39 is 0 Å². The lowest BCUT2D eigenvalue weighted by molar-refractivity contribution is 0.398. The average molecular weight is 367 g/mol. The van der Waals surface area contributed by atoms with Gasteiger partial charge in [-0.15, -0.1) is 12.3 Å². The number of aromatic nitrogens is 3. The maximum absolute atomic E-state index is 5.08. The Bertz CT molecular complexity index is 754. The number of terminal acetylenes is 1. The molecule has 6 heteroatoms. The molecule has 0 aromatic carbocycles. The van der Waals surface area contributed by atoms with Crippen molar-refractivity contribution in [3.8, 4) is 18.2 Å². The molecule has 0 spiro atoms. The first-order valence-electron chi connectivity index (χ1n) is 8.97. The number of unbranched alkanes of at least 4 members (excludes halogenated alkanes) is 2. The van der Waals surface area contributed by atoms with Crippen LogP contribution in [0.1, 0.15) is 38.9 Å². The zero-order valence-electron chi connectivity index (χ0n) is 16.6. The summed E-state index contributed by atoms with van der Waals surface area (Å²) >= 11 is 0. The van der Waals surface area contributed by atoms with Crippen LogP contribution in [0.15, 0.2) is 47.9 Å². The second-order valence-electron chi connectivity index (χ2n) is 5.67. The first-order chi connectivity index (χ1) is 13.2. The van der Waals surface area contributed by atoms with Gasteiger partial charge in [0.05, 0.1) is 25.5 Å². The van der Waals surface area contributed by atoms with Gasteiger partial charge in [-0.1, -0.05) is 31.9 Å². The molecule has 2 aromatic rings. The van der Waals surface area contributed by atoms with Gasteiger partial charge in [0.15, 0.2) is 11.7 Å². The first kappa shape index (κ1) is 22.0. The molecule has 0 aliphatic heterocycles. The molecule has 0 atom stereocenters. The maximum atomic E-state index is 5.08. The molecule has 27 heavy (non-hydrogen) atoms. The minimum atomic E-state index is 0.579. The zero-order chi connectivity index (χ0) is 19.9. The highest BCUT2D eigenvalue weighted by Crippen LogP contribution is 2.12. The van der Waals surface area contributed by atoms with E-state index in [-0.39, 0.29) is 0 Å². The Morgan fingerprint density at radius 3 is 2.70 bits per heavy atom. The monoisotopic (exact) mass is 367 g/mol. The molecular weight excluding hydrogens is 338 g/mol. The fraction of sp³-hybridized carbons (Fsp3) is 0.381. The molecular formula is C21H29N5O. The summed E-state index contributed by atoms with van der Waals surface area (Å²) in [6.45, 7) is 4.46. The van der Waals surface area contributed by atoms with Crippen molar-refractivity contribution in [2.45, 2.75) is 33.1 Å². The number of allylic oxidation sites excluding steroid dienone is 1. The highest BCUT2D eigenvalue weighted by Gasteiger charge is 2.09. The van der Waals surface area contributed by atoms with Crippen LogP contribution in [0.5, 0.6) is 5.88 Å². The lowest BCUT2D eigenvalue weighted by Gasteiger charge is -2.10. The van der Waals surface area contributed by atoms with Crippen LogP contribution in [0, 0.1) is 12.3 Å². The molecule has 0 aliphatic carbocycles. The molecule has 0 aliphatic rings. The summed E-state index contributed by atoms with van der Waals surface area (Å²) in [5.41, 5.74) is 0.840. The van der Waals surface area contributed by atoms with Crippen LogP contribution in [0.4, 0.5) is 5.69 Å². The molecule has 0 fully saturated rings. The molecule has 0 radical (unpaired) electrons. The Labute approximate surface area is 162 Å². The van der Waals surface area contributed by atoms with E-state index in [9.17, 15) is 0 Å². The largest absolute Gasteiger partial charge is 0.481 e. The van der Waals surface area contributed by atoms with Crippen molar-refractivity contribution < 1.29 is 4.74 Å². The molecule has 1 N–H and O–H groups in total. The molecule has 0 saturated heterocycles. The van der Waals surface area contributed by atoms with E-state index in [1.165, 1.54) is 12.8 Å². The number of aliphatic imine (C=N–C) groups is 1. The summed E-state index contributed by atoms with van der Waals surface area (Å²) in [5, 5.41) is 3.29. The van der Waals surface area contributed by atoms with E-state index in [2.05, 4.69) is 51.7 Å². The first-order valence-corrected chi connectivity index (χ1v) is 8.97. The fourth-order valence-corrected chi connectivity index (χ4v) is 2.13. The number of amidine groups is 1. The predicted molar refractivity (Wildman–Crippen MR) is 112 cm³/mol. The van der Waals surface area contributed by atoms with Crippen molar-refractivity contribution in [1.29, 1.82) is 0 Å². The van der Waals surface area contributed by atoms with Gasteiger partial charge in [-0.3, -0.25) is 4.99 Å². The summed E-state index contributed by atoms with van der Waals surface area (Å²) < 4.78 is 7.02. The summed E-state index contributed by atoms with van der Waals surface area (Å²) in [7, 11) is 3.55. The predicted octanol–water partition coefficient (Wildman–Crippen LogP) is 4.07.